The number of nitrogens with one attached hydrogen (secondary N) is 1. The van der Waals surface area contributed by atoms with Crippen molar-refractivity contribution in [3.63, 3.8) is 0 Å². The number of amidine groups is 1. The van der Waals surface area contributed by atoms with E-state index < -0.39 is 0 Å². The lowest BCUT2D eigenvalue weighted by molar-refractivity contribution is 0.0407. The Balaban J connectivity index is 2.06. The van der Waals surface area contributed by atoms with E-state index in [0.29, 0.717) is 6.04 Å². The van der Waals surface area contributed by atoms with Crippen molar-refractivity contribution in [3.8, 4) is 0 Å². The van der Waals surface area contributed by atoms with Crippen molar-refractivity contribution >= 4 is 5.84 Å². The van der Waals surface area contributed by atoms with E-state index in [1.54, 1.807) is 0 Å². The van der Waals surface area contributed by atoms with Gasteiger partial charge in [-0.05, 0) is 25.5 Å². The predicted molar refractivity (Wildman–Crippen MR) is 72.8 cm³/mol. The van der Waals surface area contributed by atoms with Gasteiger partial charge in [-0.1, -0.05) is 24.3 Å². The average molecular weight is 247 g/mol. The van der Waals surface area contributed by atoms with E-state index in [-0.39, 0.29) is 5.84 Å². The maximum Gasteiger partial charge on any atom is 0.123 e. The van der Waals surface area contributed by atoms with E-state index in [2.05, 4.69) is 11.9 Å². The van der Waals surface area contributed by atoms with Crippen LogP contribution in [-0.4, -0.2) is 37.0 Å². The number of hydrogen-bond donors (Lipinski definition) is 2. The molecule has 0 atom stereocenters. The molecule has 0 bridgehead atoms. The summed E-state index contributed by atoms with van der Waals surface area (Å²) in [6.45, 7) is 2.53. The Morgan fingerprint density at radius 3 is 2.72 bits per heavy atom. The first-order valence-corrected chi connectivity index (χ1v) is 6.39. The van der Waals surface area contributed by atoms with Gasteiger partial charge in [0.15, 0.2) is 0 Å². The molecule has 1 aliphatic rings. The molecule has 0 amide bonds. The molecule has 98 valence electrons. The van der Waals surface area contributed by atoms with Crippen LogP contribution in [0.2, 0.25) is 0 Å². The molecule has 1 saturated heterocycles. The molecule has 1 heterocycles. The molecule has 3 N–H and O–H groups in total. The molecular weight excluding hydrogens is 226 g/mol. The number of nitrogen functional groups attached to an aromatic ring is 1. The fourth-order valence-corrected chi connectivity index (χ4v) is 2.44. The number of hydrogen-bond acceptors (Lipinski definition) is 3. The normalized spacial score (nSPS) is 17.0. The molecule has 2 rings (SSSR count). The number of ether oxygens (including phenoxy) is 1. The van der Waals surface area contributed by atoms with Crippen LogP contribution in [0.5, 0.6) is 0 Å². The predicted octanol–water partition coefficient (Wildman–Crippen LogP) is 1.58. The van der Waals surface area contributed by atoms with Crippen LogP contribution in [0.4, 0.5) is 0 Å². The van der Waals surface area contributed by atoms with Crippen LogP contribution in [0.25, 0.3) is 0 Å². The Labute approximate surface area is 108 Å². The van der Waals surface area contributed by atoms with Gasteiger partial charge in [-0.25, -0.2) is 0 Å². The topological polar surface area (TPSA) is 62.3 Å². The summed E-state index contributed by atoms with van der Waals surface area (Å²) in [5.41, 5.74) is 7.58. The molecular formula is C14H21N3O. The number of benzene rings is 1. The lowest BCUT2D eigenvalue weighted by Crippen LogP contribution is -2.36. The van der Waals surface area contributed by atoms with Gasteiger partial charge in [-0.15, -0.1) is 0 Å². The quantitative estimate of drug-likeness (QED) is 0.627. The fraction of sp³-hybridized carbons (Fsp3) is 0.500. The zero-order chi connectivity index (χ0) is 13.0. The summed E-state index contributed by atoms with van der Waals surface area (Å²) < 4.78 is 5.38. The average Bonchev–Trinajstić information content (AvgIpc) is 2.40. The molecule has 0 aliphatic carbocycles. The summed E-state index contributed by atoms with van der Waals surface area (Å²) in [5.74, 6) is 0.144. The second-order valence-electron chi connectivity index (χ2n) is 4.83. The van der Waals surface area contributed by atoms with Crippen molar-refractivity contribution in [2.45, 2.75) is 25.4 Å². The van der Waals surface area contributed by atoms with Crippen molar-refractivity contribution in [1.29, 1.82) is 5.41 Å². The van der Waals surface area contributed by atoms with Crippen LogP contribution in [0, 0.1) is 5.41 Å². The first-order valence-electron chi connectivity index (χ1n) is 6.39. The third kappa shape index (κ3) is 3.09. The highest BCUT2D eigenvalue weighted by atomic mass is 16.5. The van der Waals surface area contributed by atoms with Crippen molar-refractivity contribution in [1.82, 2.24) is 4.90 Å². The fourth-order valence-electron chi connectivity index (χ4n) is 2.44. The van der Waals surface area contributed by atoms with E-state index in [4.69, 9.17) is 15.9 Å². The molecule has 1 aliphatic heterocycles. The van der Waals surface area contributed by atoms with E-state index in [1.165, 1.54) is 0 Å². The van der Waals surface area contributed by atoms with Gasteiger partial charge < -0.3 is 10.5 Å². The largest absolute Gasteiger partial charge is 0.384 e. The smallest absolute Gasteiger partial charge is 0.123 e. The van der Waals surface area contributed by atoms with Crippen LogP contribution in [0.15, 0.2) is 24.3 Å². The molecule has 0 radical (unpaired) electrons. The van der Waals surface area contributed by atoms with E-state index >= 15 is 0 Å². The summed E-state index contributed by atoms with van der Waals surface area (Å²) in [4.78, 5) is 2.34. The summed E-state index contributed by atoms with van der Waals surface area (Å²) in [5, 5.41) is 7.60. The lowest BCUT2D eigenvalue weighted by Gasteiger charge is -2.31. The van der Waals surface area contributed by atoms with Crippen LogP contribution in [0.3, 0.4) is 0 Å². The molecule has 1 aromatic carbocycles. The third-order valence-electron chi connectivity index (χ3n) is 3.54. The highest BCUT2D eigenvalue weighted by molar-refractivity contribution is 5.96. The lowest BCUT2D eigenvalue weighted by atomic mass is 10.0. The van der Waals surface area contributed by atoms with Gasteiger partial charge in [0.1, 0.15) is 5.84 Å². The van der Waals surface area contributed by atoms with Gasteiger partial charge in [0.2, 0.25) is 0 Å². The first-order chi connectivity index (χ1) is 8.68. The van der Waals surface area contributed by atoms with Crippen LogP contribution < -0.4 is 5.73 Å². The van der Waals surface area contributed by atoms with Gasteiger partial charge in [-0.2, -0.15) is 0 Å². The Morgan fingerprint density at radius 2 is 2.06 bits per heavy atom. The summed E-state index contributed by atoms with van der Waals surface area (Å²) >= 11 is 0. The standard InChI is InChI=1S/C14H21N3O/c1-17(12-6-8-18-9-7-12)10-11-4-2-3-5-13(11)14(15)16/h2-5,12H,6-10H2,1H3,(H3,15,16). The van der Waals surface area contributed by atoms with Gasteiger partial charge in [0, 0.05) is 31.4 Å². The van der Waals surface area contributed by atoms with E-state index in [9.17, 15) is 0 Å². The second-order valence-corrected chi connectivity index (χ2v) is 4.83. The SMILES string of the molecule is CN(Cc1ccccc1C(=N)N)C1CCOCC1. The summed E-state index contributed by atoms with van der Waals surface area (Å²) in [6, 6.07) is 8.45. The Bertz CT molecular complexity index is 413. The molecule has 0 aromatic heterocycles. The molecule has 1 aromatic rings. The van der Waals surface area contributed by atoms with Gasteiger partial charge in [-0.3, -0.25) is 10.3 Å². The van der Waals surface area contributed by atoms with Gasteiger partial charge in [0.05, 0.1) is 0 Å². The molecule has 18 heavy (non-hydrogen) atoms. The molecule has 4 heteroatoms. The van der Waals surface area contributed by atoms with Crippen molar-refractivity contribution in [2.24, 2.45) is 5.73 Å². The van der Waals surface area contributed by atoms with E-state index in [1.807, 2.05) is 24.3 Å². The Hall–Kier alpha value is -1.39. The number of nitrogens with zero attached hydrogens (tertiary/aromatic N) is 1. The maximum atomic E-state index is 7.60. The molecule has 0 unspecified atom stereocenters. The molecule has 0 saturated carbocycles. The van der Waals surface area contributed by atoms with E-state index in [0.717, 1.165) is 43.7 Å². The second kappa shape index (κ2) is 5.98. The third-order valence-corrected chi connectivity index (χ3v) is 3.54. The van der Waals surface area contributed by atoms with Crippen LogP contribution in [-0.2, 0) is 11.3 Å². The first kappa shape index (κ1) is 13.1. The molecule has 1 fully saturated rings. The zero-order valence-corrected chi connectivity index (χ0v) is 10.9. The zero-order valence-electron chi connectivity index (χ0n) is 10.9. The minimum atomic E-state index is 0.144. The summed E-state index contributed by atoms with van der Waals surface area (Å²) in [7, 11) is 2.13. The maximum absolute atomic E-state index is 7.60. The Kier molecular flexibility index (Phi) is 4.33. The van der Waals surface area contributed by atoms with Crippen LogP contribution in [0.1, 0.15) is 24.0 Å². The van der Waals surface area contributed by atoms with Crippen molar-refractivity contribution in [3.05, 3.63) is 35.4 Å². The number of nitrogens with two attached hydrogens (primary N) is 1. The van der Waals surface area contributed by atoms with Gasteiger partial charge >= 0.3 is 0 Å². The van der Waals surface area contributed by atoms with Crippen LogP contribution >= 0.6 is 0 Å². The molecule has 4 nitrogen and oxygen atoms in total. The van der Waals surface area contributed by atoms with Gasteiger partial charge in [0.25, 0.3) is 0 Å². The highest BCUT2D eigenvalue weighted by Gasteiger charge is 2.19. The summed E-state index contributed by atoms with van der Waals surface area (Å²) in [6.07, 6.45) is 2.16. The van der Waals surface area contributed by atoms with Crippen molar-refractivity contribution in [2.75, 3.05) is 20.3 Å². The minimum absolute atomic E-state index is 0.144. The highest BCUT2D eigenvalue weighted by Crippen LogP contribution is 2.17. The number of rotatable bonds is 4. The monoisotopic (exact) mass is 247 g/mol. The molecule has 0 spiro atoms. The minimum Gasteiger partial charge on any atom is -0.384 e. The Morgan fingerprint density at radius 1 is 1.39 bits per heavy atom. The van der Waals surface area contributed by atoms with Crippen molar-refractivity contribution < 1.29 is 4.74 Å².